The first-order valence-electron chi connectivity index (χ1n) is 11.9. The van der Waals surface area contributed by atoms with Crippen LogP contribution >= 0.6 is 0 Å². The normalized spacial score (nSPS) is 12.1. The van der Waals surface area contributed by atoms with E-state index in [4.69, 9.17) is 0 Å². The molecule has 0 bridgehead atoms. The zero-order chi connectivity index (χ0) is 26.0. The molecule has 0 saturated carbocycles. The van der Waals surface area contributed by atoms with Crippen molar-refractivity contribution in [2.45, 2.75) is 50.7 Å². The molecule has 0 spiro atoms. The summed E-state index contributed by atoms with van der Waals surface area (Å²) in [6.07, 6.45) is 3.97. The summed E-state index contributed by atoms with van der Waals surface area (Å²) in [5.41, 5.74) is 2.64. The lowest BCUT2D eigenvalue weighted by atomic mass is 10.1. The number of nitrogens with zero attached hydrogens (tertiary/aromatic N) is 2. The van der Waals surface area contributed by atoms with Gasteiger partial charge in [-0.15, -0.1) is 0 Å². The molecule has 1 heterocycles. The highest BCUT2D eigenvalue weighted by Gasteiger charge is 2.26. The van der Waals surface area contributed by atoms with Gasteiger partial charge in [-0.1, -0.05) is 55.5 Å². The maximum absolute atomic E-state index is 13.3. The summed E-state index contributed by atoms with van der Waals surface area (Å²) in [6, 6.07) is 19.0. The van der Waals surface area contributed by atoms with E-state index in [1.165, 1.54) is 12.1 Å². The summed E-state index contributed by atoms with van der Waals surface area (Å²) in [7, 11) is -3.53. The molecule has 2 amide bonds. The number of carbonyl (C=O) groups excluding carboxylic acids is 2. The van der Waals surface area contributed by atoms with E-state index in [-0.39, 0.29) is 23.1 Å². The third-order valence-corrected chi connectivity index (χ3v) is 7.31. The fraction of sp³-hybridized carbons (Fsp3) is 0.296. The van der Waals surface area contributed by atoms with Crippen molar-refractivity contribution in [3.63, 3.8) is 0 Å². The van der Waals surface area contributed by atoms with Crippen LogP contribution in [0.15, 0.2) is 84.0 Å². The molecular formula is C27H32N4O4S. The van der Waals surface area contributed by atoms with Gasteiger partial charge >= 0.3 is 0 Å². The minimum Gasteiger partial charge on any atom is -0.350 e. The molecular weight excluding hydrogens is 476 g/mol. The molecule has 0 saturated heterocycles. The van der Waals surface area contributed by atoms with Gasteiger partial charge in [-0.25, -0.2) is 13.1 Å². The van der Waals surface area contributed by atoms with Gasteiger partial charge in [0.2, 0.25) is 21.8 Å². The molecule has 9 heteroatoms. The molecule has 3 aromatic rings. The largest absolute Gasteiger partial charge is 0.350 e. The molecule has 190 valence electrons. The van der Waals surface area contributed by atoms with Crippen LogP contribution < -0.4 is 10.0 Å². The number of pyridine rings is 1. The Kier molecular flexibility index (Phi) is 9.72. The van der Waals surface area contributed by atoms with Gasteiger partial charge in [0.05, 0.1) is 4.90 Å². The minimum absolute atomic E-state index is 0.160. The van der Waals surface area contributed by atoms with E-state index in [2.05, 4.69) is 15.0 Å². The average Bonchev–Trinajstić information content (AvgIpc) is 2.90. The number of amides is 2. The van der Waals surface area contributed by atoms with Gasteiger partial charge in [-0.3, -0.25) is 14.6 Å². The number of benzene rings is 2. The molecule has 0 radical (unpaired) electrons. The molecule has 8 nitrogen and oxygen atoms in total. The van der Waals surface area contributed by atoms with Crippen LogP contribution in [0.4, 0.5) is 0 Å². The molecule has 0 aliphatic rings. The summed E-state index contributed by atoms with van der Waals surface area (Å²) < 4.78 is 26.7. The number of aryl methyl sites for hydroxylation is 1. The fourth-order valence-electron chi connectivity index (χ4n) is 3.71. The van der Waals surface area contributed by atoms with Crippen molar-refractivity contribution >= 4 is 21.8 Å². The Hall–Kier alpha value is -3.56. The lowest BCUT2D eigenvalue weighted by Gasteiger charge is -2.29. The van der Waals surface area contributed by atoms with Gasteiger partial charge in [0.1, 0.15) is 6.04 Å². The lowest BCUT2D eigenvalue weighted by molar-refractivity contribution is -0.140. The molecule has 0 unspecified atom stereocenters. The van der Waals surface area contributed by atoms with Crippen LogP contribution in [-0.2, 0) is 39.1 Å². The first-order chi connectivity index (χ1) is 17.3. The van der Waals surface area contributed by atoms with Gasteiger partial charge in [0, 0.05) is 38.4 Å². The quantitative estimate of drug-likeness (QED) is 0.391. The highest BCUT2D eigenvalue weighted by Crippen LogP contribution is 2.15. The van der Waals surface area contributed by atoms with Crippen molar-refractivity contribution in [2.75, 3.05) is 6.54 Å². The molecule has 0 aliphatic carbocycles. The van der Waals surface area contributed by atoms with E-state index >= 15 is 0 Å². The summed E-state index contributed by atoms with van der Waals surface area (Å²) in [6.45, 7) is 4.38. The van der Waals surface area contributed by atoms with Gasteiger partial charge in [-0.05, 0) is 48.2 Å². The van der Waals surface area contributed by atoms with Crippen LogP contribution in [0.25, 0.3) is 0 Å². The molecule has 36 heavy (non-hydrogen) atoms. The van der Waals surface area contributed by atoms with Crippen LogP contribution in [0.5, 0.6) is 0 Å². The summed E-state index contributed by atoms with van der Waals surface area (Å²) >= 11 is 0. The van der Waals surface area contributed by atoms with E-state index in [9.17, 15) is 18.0 Å². The maximum atomic E-state index is 13.3. The zero-order valence-electron chi connectivity index (χ0n) is 20.6. The summed E-state index contributed by atoms with van der Waals surface area (Å²) in [5.74, 6) is -0.409. The third-order valence-electron chi connectivity index (χ3n) is 5.75. The molecule has 1 aromatic heterocycles. The molecule has 3 rings (SSSR count). The highest BCUT2D eigenvalue weighted by atomic mass is 32.2. The van der Waals surface area contributed by atoms with Crippen LogP contribution in [0.1, 0.15) is 37.0 Å². The standard InChI is InChI=1S/C27H32N4O4S/c1-3-30-36(34,35)25-14-11-22(12-15-25)13-16-26(32)31(20-23-8-5-4-6-9-23)21(2)27(33)29-19-24-10-7-17-28-18-24/h4-12,14-15,17-18,21,30H,3,13,16,19-20H2,1-2H3,(H,29,33)/t21-/m0/s1. The Bertz CT molecular complexity index is 1230. The summed E-state index contributed by atoms with van der Waals surface area (Å²) in [5, 5.41) is 2.89. The van der Waals surface area contributed by atoms with Gasteiger partial charge in [0.15, 0.2) is 0 Å². The Labute approximate surface area is 212 Å². The minimum atomic E-state index is -3.53. The van der Waals surface area contributed by atoms with Gasteiger partial charge in [-0.2, -0.15) is 0 Å². The summed E-state index contributed by atoms with van der Waals surface area (Å²) in [4.78, 5) is 32.0. The van der Waals surface area contributed by atoms with Crippen LogP contribution in [0, 0.1) is 0 Å². The topological polar surface area (TPSA) is 108 Å². The number of nitrogens with one attached hydrogen (secondary N) is 2. The van der Waals surface area contributed by atoms with E-state index in [0.29, 0.717) is 26.1 Å². The monoisotopic (exact) mass is 508 g/mol. The fourth-order valence-corrected chi connectivity index (χ4v) is 4.75. The second-order valence-electron chi connectivity index (χ2n) is 8.41. The average molecular weight is 509 g/mol. The van der Waals surface area contributed by atoms with E-state index in [0.717, 1.165) is 16.7 Å². The van der Waals surface area contributed by atoms with Crippen LogP contribution in [0.3, 0.4) is 0 Å². The Morgan fingerprint density at radius 1 is 0.944 bits per heavy atom. The van der Waals surface area contributed by atoms with Crippen molar-refractivity contribution in [3.8, 4) is 0 Å². The Morgan fingerprint density at radius 3 is 2.28 bits per heavy atom. The lowest BCUT2D eigenvalue weighted by Crippen LogP contribution is -2.47. The number of hydrogen-bond donors (Lipinski definition) is 2. The van der Waals surface area contributed by atoms with Crippen molar-refractivity contribution in [3.05, 3.63) is 95.8 Å². The van der Waals surface area contributed by atoms with E-state index in [1.807, 2.05) is 36.4 Å². The predicted octanol–water partition coefficient (Wildman–Crippen LogP) is 3.05. The number of hydrogen-bond acceptors (Lipinski definition) is 5. The number of aromatic nitrogens is 1. The van der Waals surface area contributed by atoms with Crippen molar-refractivity contribution in [1.29, 1.82) is 0 Å². The number of carbonyl (C=O) groups is 2. The maximum Gasteiger partial charge on any atom is 0.242 e. The third kappa shape index (κ3) is 7.73. The predicted molar refractivity (Wildman–Crippen MR) is 138 cm³/mol. The number of rotatable bonds is 12. The second kappa shape index (κ2) is 12.9. The smallest absolute Gasteiger partial charge is 0.242 e. The van der Waals surface area contributed by atoms with Crippen molar-refractivity contribution < 1.29 is 18.0 Å². The Morgan fingerprint density at radius 2 is 1.64 bits per heavy atom. The molecule has 1 atom stereocenters. The molecule has 0 fully saturated rings. The second-order valence-corrected chi connectivity index (χ2v) is 10.2. The molecule has 2 aromatic carbocycles. The first-order valence-corrected chi connectivity index (χ1v) is 13.4. The van der Waals surface area contributed by atoms with Crippen LogP contribution in [-0.4, -0.2) is 42.7 Å². The van der Waals surface area contributed by atoms with Crippen LogP contribution in [0.2, 0.25) is 0 Å². The van der Waals surface area contributed by atoms with E-state index in [1.54, 1.807) is 49.3 Å². The Balaban J connectivity index is 1.67. The number of sulfonamides is 1. The van der Waals surface area contributed by atoms with Crippen molar-refractivity contribution in [2.24, 2.45) is 0 Å². The SMILES string of the molecule is CCNS(=O)(=O)c1ccc(CCC(=O)N(Cc2ccccc2)[C@@H](C)C(=O)NCc2cccnc2)cc1. The first kappa shape index (κ1) is 27.0. The molecule has 0 aliphatic heterocycles. The van der Waals surface area contributed by atoms with E-state index < -0.39 is 16.1 Å². The van der Waals surface area contributed by atoms with Gasteiger partial charge in [0.25, 0.3) is 0 Å². The zero-order valence-corrected chi connectivity index (χ0v) is 21.4. The highest BCUT2D eigenvalue weighted by molar-refractivity contribution is 7.89. The van der Waals surface area contributed by atoms with Crippen molar-refractivity contribution in [1.82, 2.24) is 19.9 Å². The molecule has 2 N–H and O–H groups in total. The van der Waals surface area contributed by atoms with Gasteiger partial charge < -0.3 is 10.2 Å².